The van der Waals surface area contributed by atoms with E-state index in [2.05, 4.69) is 24.4 Å². The number of hydrogen-bond acceptors (Lipinski definition) is 3. The largest absolute Gasteiger partial charge is 0.496 e. The second-order valence-electron chi connectivity index (χ2n) is 4.10. The summed E-state index contributed by atoms with van der Waals surface area (Å²) in [5, 5.41) is 6.10. The zero-order valence-corrected chi connectivity index (χ0v) is 12.2. The van der Waals surface area contributed by atoms with Crippen LogP contribution in [0.15, 0.2) is 29.6 Å². The van der Waals surface area contributed by atoms with Gasteiger partial charge in [0.15, 0.2) is 0 Å². The zero-order chi connectivity index (χ0) is 13.1. The number of aryl methyl sites for hydroxylation is 1. The van der Waals surface area contributed by atoms with Crippen molar-refractivity contribution in [2.75, 3.05) is 14.2 Å². The van der Waals surface area contributed by atoms with Gasteiger partial charge in [0.2, 0.25) is 0 Å². The number of hydrogen-bond donors (Lipinski definition) is 1. The lowest BCUT2D eigenvalue weighted by molar-refractivity contribution is 0.405. The van der Waals surface area contributed by atoms with E-state index in [4.69, 9.17) is 16.3 Å². The Morgan fingerprint density at radius 3 is 2.67 bits per heavy atom. The Balaban J connectivity index is 2.48. The number of methoxy groups -OCH3 is 1. The van der Waals surface area contributed by atoms with Crippen LogP contribution in [0.3, 0.4) is 0 Å². The van der Waals surface area contributed by atoms with E-state index in [-0.39, 0.29) is 6.04 Å². The standard InChI is InChI=1S/C14H16ClNOS/c1-9-4-5-10(12(8-9)17-3)13(16-2)14-11(15)6-7-18-14/h4-8,13,16H,1-3H3. The summed E-state index contributed by atoms with van der Waals surface area (Å²) >= 11 is 7.87. The fraction of sp³-hybridized carbons (Fsp3) is 0.286. The molecule has 96 valence electrons. The van der Waals surface area contributed by atoms with E-state index in [0.29, 0.717) is 0 Å². The van der Waals surface area contributed by atoms with Gasteiger partial charge in [-0.15, -0.1) is 11.3 Å². The number of ether oxygens (including phenoxy) is 1. The highest BCUT2D eigenvalue weighted by Crippen LogP contribution is 2.36. The second-order valence-corrected chi connectivity index (χ2v) is 5.45. The maximum atomic E-state index is 6.22. The molecule has 0 saturated carbocycles. The minimum absolute atomic E-state index is 0.0630. The van der Waals surface area contributed by atoms with Crippen LogP contribution in [0.1, 0.15) is 22.0 Å². The first-order chi connectivity index (χ1) is 8.67. The van der Waals surface area contributed by atoms with Crippen molar-refractivity contribution in [3.05, 3.63) is 50.7 Å². The van der Waals surface area contributed by atoms with Crippen LogP contribution < -0.4 is 10.1 Å². The fourth-order valence-electron chi connectivity index (χ4n) is 2.00. The SMILES string of the molecule is CNC(c1ccc(C)cc1OC)c1sccc1Cl. The van der Waals surface area contributed by atoms with Gasteiger partial charge in [-0.1, -0.05) is 23.7 Å². The van der Waals surface area contributed by atoms with E-state index in [1.54, 1.807) is 18.4 Å². The Morgan fingerprint density at radius 1 is 1.33 bits per heavy atom. The summed E-state index contributed by atoms with van der Waals surface area (Å²) in [6.45, 7) is 2.05. The molecule has 0 fully saturated rings. The molecule has 1 unspecified atom stereocenters. The highest BCUT2D eigenvalue weighted by molar-refractivity contribution is 7.10. The fourth-order valence-corrected chi connectivity index (χ4v) is 3.29. The van der Waals surface area contributed by atoms with Gasteiger partial charge in [-0.25, -0.2) is 0 Å². The van der Waals surface area contributed by atoms with E-state index in [1.165, 1.54) is 5.56 Å². The minimum atomic E-state index is 0.0630. The molecular formula is C14H16ClNOS. The Bertz CT molecular complexity index is 538. The summed E-state index contributed by atoms with van der Waals surface area (Å²) in [4.78, 5) is 1.11. The molecule has 2 rings (SSSR count). The molecule has 0 spiro atoms. The molecule has 0 saturated heterocycles. The van der Waals surface area contributed by atoms with Gasteiger partial charge in [-0.2, -0.15) is 0 Å². The van der Waals surface area contributed by atoms with Gasteiger partial charge in [-0.3, -0.25) is 0 Å². The smallest absolute Gasteiger partial charge is 0.124 e. The molecule has 1 heterocycles. The van der Waals surface area contributed by atoms with Gasteiger partial charge >= 0.3 is 0 Å². The normalized spacial score (nSPS) is 12.4. The average molecular weight is 282 g/mol. The molecule has 2 nitrogen and oxygen atoms in total. The van der Waals surface area contributed by atoms with Gasteiger partial charge in [0, 0.05) is 10.4 Å². The topological polar surface area (TPSA) is 21.3 Å². The first kappa shape index (κ1) is 13.4. The van der Waals surface area contributed by atoms with Gasteiger partial charge in [-0.05, 0) is 37.0 Å². The number of benzene rings is 1. The molecule has 4 heteroatoms. The molecule has 18 heavy (non-hydrogen) atoms. The highest BCUT2D eigenvalue weighted by Gasteiger charge is 2.20. The minimum Gasteiger partial charge on any atom is -0.496 e. The van der Waals surface area contributed by atoms with Crippen molar-refractivity contribution < 1.29 is 4.74 Å². The van der Waals surface area contributed by atoms with Crippen LogP contribution in [0, 0.1) is 6.92 Å². The van der Waals surface area contributed by atoms with Gasteiger partial charge < -0.3 is 10.1 Å². The Hall–Kier alpha value is -1.03. The van der Waals surface area contributed by atoms with E-state index in [9.17, 15) is 0 Å². The van der Waals surface area contributed by atoms with Crippen LogP contribution in [0.2, 0.25) is 5.02 Å². The molecule has 0 aliphatic rings. The Labute approximate surface area is 117 Å². The summed E-state index contributed by atoms with van der Waals surface area (Å²) in [6, 6.07) is 8.20. The maximum absolute atomic E-state index is 6.22. The lowest BCUT2D eigenvalue weighted by Crippen LogP contribution is -2.17. The summed E-state index contributed by atoms with van der Waals surface area (Å²) in [5.74, 6) is 0.888. The van der Waals surface area contributed by atoms with Crippen molar-refractivity contribution in [3.63, 3.8) is 0 Å². The maximum Gasteiger partial charge on any atom is 0.124 e. The van der Waals surface area contributed by atoms with Crippen molar-refractivity contribution in [1.29, 1.82) is 0 Å². The van der Waals surface area contributed by atoms with Crippen molar-refractivity contribution in [2.24, 2.45) is 0 Å². The van der Waals surface area contributed by atoms with Gasteiger partial charge in [0.1, 0.15) is 5.75 Å². The van der Waals surface area contributed by atoms with E-state index >= 15 is 0 Å². The summed E-state index contributed by atoms with van der Waals surface area (Å²) < 4.78 is 5.47. The molecule has 2 aromatic rings. The van der Waals surface area contributed by atoms with Crippen molar-refractivity contribution >= 4 is 22.9 Å². The van der Waals surface area contributed by atoms with Crippen LogP contribution in [0.4, 0.5) is 0 Å². The number of halogens is 1. The van der Waals surface area contributed by atoms with E-state index in [1.807, 2.05) is 24.6 Å². The molecule has 0 radical (unpaired) electrons. The Kier molecular flexibility index (Phi) is 4.27. The van der Waals surface area contributed by atoms with Crippen molar-refractivity contribution in [3.8, 4) is 5.75 Å². The molecule has 0 amide bonds. The number of rotatable bonds is 4. The van der Waals surface area contributed by atoms with Crippen LogP contribution in [0.25, 0.3) is 0 Å². The summed E-state index contributed by atoms with van der Waals surface area (Å²) in [7, 11) is 3.63. The van der Waals surface area contributed by atoms with Crippen LogP contribution in [0.5, 0.6) is 5.75 Å². The molecule has 1 atom stereocenters. The average Bonchev–Trinajstić information content (AvgIpc) is 2.78. The monoisotopic (exact) mass is 281 g/mol. The number of nitrogens with one attached hydrogen (secondary N) is 1. The summed E-state index contributed by atoms with van der Waals surface area (Å²) in [5.41, 5.74) is 2.29. The quantitative estimate of drug-likeness (QED) is 0.914. The zero-order valence-electron chi connectivity index (χ0n) is 10.7. The van der Waals surface area contributed by atoms with Crippen LogP contribution in [-0.4, -0.2) is 14.2 Å². The van der Waals surface area contributed by atoms with Crippen LogP contribution >= 0.6 is 22.9 Å². The molecule has 0 bridgehead atoms. The van der Waals surface area contributed by atoms with Gasteiger partial charge in [0.05, 0.1) is 18.2 Å². The van der Waals surface area contributed by atoms with E-state index < -0.39 is 0 Å². The van der Waals surface area contributed by atoms with E-state index in [0.717, 1.165) is 21.2 Å². The van der Waals surface area contributed by atoms with Gasteiger partial charge in [0.25, 0.3) is 0 Å². The lowest BCUT2D eigenvalue weighted by Gasteiger charge is -2.19. The molecule has 1 aromatic carbocycles. The predicted molar refractivity (Wildman–Crippen MR) is 78.0 cm³/mol. The summed E-state index contributed by atoms with van der Waals surface area (Å²) in [6.07, 6.45) is 0. The number of thiophene rings is 1. The predicted octanol–water partition coefficient (Wildman–Crippen LogP) is 4.03. The first-order valence-electron chi connectivity index (χ1n) is 5.72. The van der Waals surface area contributed by atoms with Crippen LogP contribution in [-0.2, 0) is 0 Å². The lowest BCUT2D eigenvalue weighted by atomic mass is 10.0. The Morgan fingerprint density at radius 2 is 2.11 bits per heavy atom. The first-order valence-corrected chi connectivity index (χ1v) is 6.97. The van der Waals surface area contributed by atoms with Crippen molar-refractivity contribution in [2.45, 2.75) is 13.0 Å². The third kappa shape index (κ3) is 2.53. The van der Waals surface area contributed by atoms with Crippen molar-refractivity contribution in [1.82, 2.24) is 5.32 Å². The highest BCUT2D eigenvalue weighted by atomic mass is 35.5. The molecule has 1 N–H and O–H groups in total. The molecule has 0 aliphatic heterocycles. The molecular weight excluding hydrogens is 266 g/mol. The molecule has 0 aliphatic carbocycles. The third-order valence-electron chi connectivity index (χ3n) is 2.90. The third-order valence-corrected chi connectivity index (χ3v) is 4.32. The molecule has 1 aromatic heterocycles. The second kappa shape index (κ2) is 5.74.